The first-order valence-corrected chi connectivity index (χ1v) is 22.0. The van der Waals surface area contributed by atoms with E-state index in [2.05, 4.69) is 13.8 Å². The SMILES string of the molecule is CCCCCCCCCCCCCCCC(=O)OCCN(CCOC(=O)CCCCCCCCCCCCCCC)C(=O)C[N+](C)(CCO)CCO. The summed E-state index contributed by atoms with van der Waals surface area (Å²) in [6.45, 7) is 5.64. The van der Waals surface area contributed by atoms with Crippen molar-refractivity contribution < 1.29 is 38.6 Å². The van der Waals surface area contributed by atoms with Gasteiger partial charge in [-0.2, -0.15) is 0 Å². The number of amides is 1. The van der Waals surface area contributed by atoms with Gasteiger partial charge in [0.2, 0.25) is 0 Å². The molecule has 0 saturated heterocycles. The molecule has 52 heavy (non-hydrogen) atoms. The molecule has 2 N–H and O–H groups in total. The molecule has 308 valence electrons. The second-order valence-corrected chi connectivity index (χ2v) is 15.5. The molecule has 9 nitrogen and oxygen atoms in total. The second kappa shape index (κ2) is 37.6. The third-order valence-corrected chi connectivity index (χ3v) is 10.4. The molecule has 0 spiro atoms. The van der Waals surface area contributed by atoms with E-state index in [0.29, 0.717) is 25.9 Å². The molecule has 0 unspecified atom stereocenters. The predicted octanol–water partition coefficient (Wildman–Crippen LogP) is 9.30. The summed E-state index contributed by atoms with van der Waals surface area (Å²) in [5, 5.41) is 19.1. The Morgan fingerprint density at radius 1 is 0.481 bits per heavy atom. The molecule has 0 aromatic rings. The third kappa shape index (κ3) is 32.9. The number of unbranched alkanes of at least 4 members (excludes halogenated alkanes) is 24. The molecule has 0 fully saturated rings. The summed E-state index contributed by atoms with van der Waals surface area (Å²) >= 11 is 0. The Balaban J connectivity index is 4.34. The number of carbonyl (C=O) groups is 3. The highest BCUT2D eigenvalue weighted by molar-refractivity contribution is 5.77. The first-order valence-electron chi connectivity index (χ1n) is 22.0. The van der Waals surface area contributed by atoms with Crippen LogP contribution >= 0.6 is 0 Å². The second-order valence-electron chi connectivity index (χ2n) is 15.5. The van der Waals surface area contributed by atoms with Crippen molar-refractivity contribution in [1.82, 2.24) is 4.90 Å². The Morgan fingerprint density at radius 3 is 1.06 bits per heavy atom. The molecule has 0 bridgehead atoms. The highest BCUT2D eigenvalue weighted by Gasteiger charge is 2.28. The lowest BCUT2D eigenvalue weighted by Crippen LogP contribution is -2.54. The highest BCUT2D eigenvalue weighted by atomic mass is 16.5. The van der Waals surface area contributed by atoms with Gasteiger partial charge in [0.05, 0.1) is 33.4 Å². The largest absolute Gasteiger partial charge is 0.464 e. The number of hydrogen-bond acceptors (Lipinski definition) is 7. The van der Waals surface area contributed by atoms with Crippen LogP contribution in [-0.2, 0) is 23.9 Å². The smallest absolute Gasteiger partial charge is 0.305 e. The third-order valence-electron chi connectivity index (χ3n) is 10.4. The number of esters is 2. The molecule has 0 heterocycles. The fraction of sp³-hybridized carbons (Fsp3) is 0.930. The van der Waals surface area contributed by atoms with Crippen LogP contribution in [0.1, 0.15) is 194 Å². The first-order chi connectivity index (χ1) is 25.3. The van der Waals surface area contributed by atoms with E-state index in [4.69, 9.17) is 9.47 Å². The molecule has 0 aromatic carbocycles. The van der Waals surface area contributed by atoms with Crippen LogP contribution in [0.4, 0.5) is 0 Å². The van der Waals surface area contributed by atoms with Gasteiger partial charge in [-0.15, -0.1) is 0 Å². The van der Waals surface area contributed by atoms with Gasteiger partial charge < -0.3 is 29.1 Å². The van der Waals surface area contributed by atoms with Crippen LogP contribution in [0.25, 0.3) is 0 Å². The average molecular weight is 742 g/mol. The van der Waals surface area contributed by atoms with Crippen LogP contribution < -0.4 is 0 Å². The van der Waals surface area contributed by atoms with Crippen LogP contribution in [0.5, 0.6) is 0 Å². The van der Waals surface area contributed by atoms with Crippen molar-refractivity contribution >= 4 is 17.8 Å². The van der Waals surface area contributed by atoms with Crippen molar-refractivity contribution in [3.63, 3.8) is 0 Å². The number of likely N-dealkylation sites (N-methyl/N-ethyl adjacent to an activating group) is 1. The Bertz CT molecular complexity index is 771. The maximum atomic E-state index is 13.3. The van der Waals surface area contributed by atoms with Crippen molar-refractivity contribution in [2.24, 2.45) is 0 Å². The summed E-state index contributed by atoms with van der Waals surface area (Å²) in [5.74, 6) is -0.689. The number of hydrogen-bond donors (Lipinski definition) is 2. The fourth-order valence-electron chi connectivity index (χ4n) is 6.80. The zero-order chi connectivity index (χ0) is 38.4. The summed E-state index contributed by atoms with van der Waals surface area (Å²) in [7, 11) is 1.83. The summed E-state index contributed by atoms with van der Waals surface area (Å²) in [4.78, 5) is 39.7. The molecule has 9 heteroatoms. The summed E-state index contributed by atoms with van der Waals surface area (Å²) in [6.07, 6.45) is 33.2. The lowest BCUT2D eigenvalue weighted by atomic mass is 10.0. The van der Waals surface area contributed by atoms with Gasteiger partial charge >= 0.3 is 11.9 Å². The van der Waals surface area contributed by atoms with Crippen molar-refractivity contribution in [3.05, 3.63) is 0 Å². The zero-order valence-corrected chi connectivity index (χ0v) is 34.5. The van der Waals surface area contributed by atoms with Crippen LogP contribution in [0, 0.1) is 0 Å². The molecule has 0 saturated carbocycles. The maximum absolute atomic E-state index is 13.3. The molecular weight excluding hydrogens is 656 g/mol. The zero-order valence-electron chi connectivity index (χ0n) is 34.5. The molecule has 0 aromatic heterocycles. The number of aliphatic hydroxyl groups excluding tert-OH is 2. The van der Waals surface area contributed by atoms with Crippen LogP contribution in [-0.4, -0.2) is 104 Å². The maximum Gasteiger partial charge on any atom is 0.305 e. The summed E-state index contributed by atoms with van der Waals surface area (Å²) < 4.78 is 11.2. The van der Waals surface area contributed by atoms with E-state index in [1.54, 1.807) is 4.90 Å². The normalized spacial score (nSPS) is 11.6. The van der Waals surface area contributed by atoms with Crippen LogP contribution in [0.2, 0.25) is 0 Å². The molecule has 0 aliphatic rings. The van der Waals surface area contributed by atoms with Crippen molar-refractivity contribution in [2.45, 2.75) is 194 Å². The number of aliphatic hydroxyl groups is 2. The molecular formula is C43H85N2O7+. The topological polar surface area (TPSA) is 113 Å². The van der Waals surface area contributed by atoms with Crippen LogP contribution in [0.15, 0.2) is 0 Å². The van der Waals surface area contributed by atoms with Gasteiger partial charge in [0, 0.05) is 12.8 Å². The first kappa shape index (κ1) is 50.3. The molecule has 0 radical (unpaired) electrons. The van der Waals surface area contributed by atoms with E-state index < -0.39 is 0 Å². The van der Waals surface area contributed by atoms with Gasteiger partial charge in [0.25, 0.3) is 5.91 Å². The predicted molar refractivity (Wildman–Crippen MR) is 214 cm³/mol. The Kier molecular flexibility index (Phi) is 36.4. The fourth-order valence-corrected chi connectivity index (χ4v) is 6.80. The molecule has 0 rings (SSSR count). The Hall–Kier alpha value is -1.71. The van der Waals surface area contributed by atoms with E-state index in [1.165, 1.54) is 128 Å². The Morgan fingerprint density at radius 2 is 0.769 bits per heavy atom. The van der Waals surface area contributed by atoms with Crippen LogP contribution in [0.3, 0.4) is 0 Å². The van der Waals surface area contributed by atoms with E-state index in [1.807, 2.05) is 7.05 Å². The van der Waals surface area contributed by atoms with E-state index in [-0.39, 0.29) is 68.4 Å². The summed E-state index contributed by atoms with van der Waals surface area (Å²) in [5.41, 5.74) is 0. The number of rotatable bonds is 40. The quantitative estimate of drug-likeness (QED) is 0.0366. The van der Waals surface area contributed by atoms with E-state index >= 15 is 0 Å². The lowest BCUT2D eigenvalue weighted by Gasteiger charge is -2.34. The van der Waals surface area contributed by atoms with Gasteiger partial charge in [-0.1, -0.05) is 168 Å². The van der Waals surface area contributed by atoms with Crippen molar-refractivity contribution in [3.8, 4) is 0 Å². The van der Waals surface area contributed by atoms with Gasteiger partial charge in [-0.3, -0.25) is 14.4 Å². The standard InChI is InChI=1S/C43H85N2O7/c1-4-6-8-10-12-14-16-18-20-22-24-26-28-30-42(49)51-38-32-44(41(48)40-45(3,34-36-46)35-37-47)33-39-52-43(50)31-29-27-25-23-21-19-17-15-13-11-9-7-5-2/h46-47H,4-40H2,1-3H3/q+1. The molecule has 1 amide bonds. The minimum atomic E-state index is -0.249. The molecule has 0 aliphatic heterocycles. The number of quaternary nitrogens is 1. The van der Waals surface area contributed by atoms with Gasteiger partial charge in [-0.05, 0) is 12.8 Å². The summed E-state index contributed by atoms with van der Waals surface area (Å²) in [6, 6.07) is 0. The number of carbonyl (C=O) groups excluding carboxylic acids is 3. The molecule has 0 aliphatic carbocycles. The Labute approximate surface area is 320 Å². The van der Waals surface area contributed by atoms with Gasteiger partial charge in [-0.25, -0.2) is 0 Å². The lowest BCUT2D eigenvalue weighted by molar-refractivity contribution is -0.902. The van der Waals surface area contributed by atoms with Gasteiger partial charge in [0.15, 0.2) is 6.54 Å². The minimum absolute atomic E-state index is 0.0830. The highest BCUT2D eigenvalue weighted by Crippen LogP contribution is 2.15. The molecule has 0 atom stereocenters. The average Bonchev–Trinajstić information content (AvgIpc) is 3.11. The van der Waals surface area contributed by atoms with Crippen molar-refractivity contribution in [1.29, 1.82) is 0 Å². The van der Waals surface area contributed by atoms with E-state index in [0.717, 1.165) is 38.5 Å². The monoisotopic (exact) mass is 742 g/mol. The van der Waals surface area contributed by atoms with Crippen molar-refractivity contribution in [2.75, 3.05) is 66.2 Å². The number of nitrogens with zero attached hydrogens (tertiary/aromatic N) is 2. The van der Waals surface area contributed by atoms with Gasteiger partial charge in [0.1, 0.15) is 26.3 Å². The minimum Gasteiger partial charge on any atom is -0.464 e. The van der Waals surface area contributed by atoms with E-state index in [9.17, 15) is 24.6 Å². The number of ether oxygens (including phenoxy) is 2.